The number of thiophene rings is 1. The Morgan fingerprint density at radius 2 is 1.85 bits per heavy atom. The zero-order valence-corrected chi connectivity index (χ0v) is 17.0. The molecule has 0 unspecified atom stereocenters. The summed E-state index contributed by atoms with van der Waals surface area (Å²) >= 11 is 1.48. The van der Waals surface area contributed by atoms with Crippen LogP contribution in [0, 0.1) is 13.8 Å². The molecule has 0 spiro atoms. The maximum atomic E-state index is 12.6. The molecular formula is C19H22N4O2S2. The second-order valence-corrected chi connectivity index (χ2v) is 9.97. The molecule has 1 N–H and O–H groups in total. The summed E-state index contributed by atoms with van der Waals surface area (Å²) in [5.41, 5.74) is 1.48. The van der Waals surface area contributed by atoms with Crippen molar-refractivity contribution in [3.8, 4) is 11.4 Å². The van der Waals surface area contributed by atoms with Crippen molar-refractivity contribution in [2.45, 2.75) is 51.0 Å². The molecule has 0 aliphatic carbocycles. The van der Waals surface area contributed by atoms with E-state index in [2.05, 4.69) is 19.5 Å². The lowest BCUT2D eigenvalue weighted by atomic mass is 10.2. The third kappa shape index (κ3) is 3.64. The molecule has 0 atom stereocenters. The van der Waals surface area contributed by atoms with Crippen molar-refractivity contribution >= 4 is 27.0 Å². The quantitative estimate of drug-likeness (QED) is 0.711. The Labute approximate surface area is 163 Å². The molecule has 0 amide bonds. The second-order valence-electron chi connectivity index (χ2n) is 6.86. The van der Waals surface area contributed by atoms with Gasteiger partial charge in [0.25, 0.3) is 10.0 Å². The monoisotopic (exact) mass is 402 g/mol. The third-order valence-electron chi connectivity index (χ3n) is 4.79. The average Bonchev–Trinajstić information content (AvgIpc) is 3.10. The van der Waals surface area contributed by atoms with Gasteiger partial charge in [0.15, 0.2) is 5.82 Å². The lowest BCUT2D eigenvalue weighted by Crippen LogP contribution is -2.13. The number of sulfonamides is 1. The van der Waals surface area contributed by atoms with Gasteiger partial charge in [-0.1, -0.05) is 6.42 Å². The number of benzene rings is 1. The first-order chi connectivity index (χ1) is 12.9. The van der Waals surface area contributed by atoms with Gasteiger partial charge in [-0.25, -0.2) is 8.42 Å². The van der Waals surface area contributed by atoms with Gasteiger partial charge in [-0.15, -0.1) is 21.5 Å². The van der Waals surface area contributed by atoms with Crippen LogP contribution in [0.2, 0.25) is 0 Å². The number of rotatable bonds is 4. The highest BCUT2D eigenvalue weighted by Gasteiger charge is 2.20. The number of hydrogen-bond donors (Lipinski definition) is 1. The molecular weight excluding hydrogens is 380 g/mol. The topological polar surface area (TPSA) is 76.9 Å². The van der Waals surface area contributed by atoms with Crippen molar-refractivity contribution in [2.24, 2.45) is 0 Å². The average molecular weight is 403 g/mol. The predicted molar refractivity (Wildman–Crippen MR) is 108 cm³/mol. The fourth-order valence-electron chi connectivity index (χ4n) is 3.47. The van der Waals surface area contributed by atoms with E-state index in [1.54, 1.807) is 18.2 Å². The fourth-order valence-corrected chi connectivity index (χ4v) is 6.09. The van der Waals surface area contributed by atoms with Gasteiger partial charge in [-0.05, 0) is 57.0 Å². The van der Waals surface area contributed by atoms with Gasteiger partial charge in [-0.2, -0.15) is 0 Å². The number of nitrogens with zero attached hydrogens (tertiary/aromatic N) is 3. The Morgan fingerprint density at radius 1 is 1.07 bits per heavy atom. The maximum absolute atomic E-state index is 12.6. The van der Waals surface area contributed by atoms with E-state index in [4.69, 9.17) is 0 Å². The Kier molecular flexibility index (Phi) is 4.77. The van der Waals surface area contributed by atoms with Crippen molar-refractivity contribution in [1.29, 1.82) is 0 Å². The van der Waals surface area contributed by atoms with Crippen LogP contribution >= 0.6 is 11.3 Å². The predicted octanol–water partition coefficient (Wildman–Crippen LogP) is 4.15. The Hall–Kier alpha value is -2.19. The fraction of sp³-hybridized carbons (Fsp3) is 0.368. The zero-order chi connectivity index (χ0) is 19.0. The molecule has 1 aliphatic heterocycles. The van der Waals surface area contributed by atoms with E-state index >= 15 is 0 Å². The highest BCUT2D eigenvalue weighted by Crippen LogP contribution is 2.28. The first-order valence-corrected chi connectivity index (χ1v) is 11.4. The van der Waals surface area contributed by atoms with Crippen molar-refractivity contribution in [3.63, 3.8) is 0 Å². The smallest absolute Gasteiger partial charge is 0.262 e. The van der Waals surface area contributed by atoms with Gasteiger partial charge in [0.05, 0.1) is 0 Å². The molecule has 2 aromatic heterocycles. The van der Waals surface area contributed by atoms with Gasteiger partial charge >= 0.3 is 0 Å². The van der Waals surface area contributed by atoms with E-state index in [1.165, 1.54) is 17.8 Å². The lowest BCUT2D eigenvalue weighted by Gasteiger charge is -2.10. The van der Waals surface area contributed by atoms with Crippen LogP contribution in [0.5, 0.6) is 0 Å². The van der Waals surface area contributed by atoms with E-state index in [9.17, 15) is 8.42 Å². The first kappa shape index (κ1) is 18.2. The van der Waals surface area contributed by atoms with Crippen LogP contribution in [0.3, 0.4) is 0 Å². The van der Waals surface area contributed by atoms with E-state index in [0.717, 1.165) is 52.8 Å². The van der Waals surface area contributed by atoms with Gasteiger partial charge in [-0.3, -0.25) is 4.72 Å². The van der Waals surface area contributed by atoms with Gasteiger partial charge < -0.3 is 4.57 Å². The molecule has 27 heavy (non-hydrogen) atoms. The normalized spacial score (nSPS) is 14.6. The summed E-state index contributed by atoms with van der Waals surface area (Å²) in [6.07, 6.45) is 4.46. The van der Waals surface area contributed by atoms with E-state index < -0.39 is 10.0 Å². The molecule has 142 valence electrons. The molecule has 3 aromatic rings. The Bertz CT molecular complexity index is 1070. The van der Waals surface area contributed by atoms with E-state index in [0.29, 0.717) is 10.6 Å². The van der Waals surface area contributed by atoms with Crippen molar-refractivity contribution in [3.05, 3.63) is 45.9 Å². The molecule has 0 radical (unpaired) electrons. The van der Waals surface area contributed by atoms with Crippen molar-refractivity contribution in [1.82, 2.24) is 14.8 Å². The molecule has 0 bridgehead atoms. The van der Waals surface area contributed by atoms with Crippen LogP contribution in [-0.4, -0.2) is 23.2 Å². The van der Waals surface area contributed by atoms with Crippen LogP contribution in [0.4, 0.5) is 5.69 Å². The molecule has 0 saturated carbocycles. The summed E-state index contributed by atoms with van der Waals surface area (Å²) in [6, 6.07) is 9.05. The summed E-state index contributed by atoms with van der Waals surface area (Å²) < 4.78 is 30.2. The van der Waals surface area contributed by atoms with Crippen LogP contribution in [0.25, 0.3) is 11.4 Å². The summed E-state index contributed by atoms with van der Waals surface area (Å²) in [4.78, 5) is 2.12. The van der Waals surface area contributed by atoms with Crippen LogP contribution < -0.4 is 4.72 Å². The SMILES string of the molecule is Cc1cc(S(=O)(=O)Nc2ccc(-c3nnc4n3CCCCC4)cc2)c(C)s1. The number of nitrogens with one attached hydrogen (secondary N) is 1. The van der Waals surface area contributed by atoms with E-state index in [1.807, 2.05) is 26.0 Å². The zero-order valence-electron chi connectivity index (χ0n) is 15.4. The molecule has 4 rings (SSSR count). The first-order valence-electron chi connectivity index (χ1n) is 9.06. The van der Waals surface area contributed by atoms with Crippen LogP contribution in [-0.2, 0) is 23.0 Å². The molecule has 0 saturated heterocycles. The molecule has 1 aromatic carbocycles. The number of hydrogen-bond acceptors (Lipinski definition) is 5. The highest BCUT2D eigenvalue weighted by molar-refractivity contribution is 7.93. The summed E-state index contributed by atoms with van der Waals surface area (Å²) in [5.74, 6) is 1.89. The van der Waals surface area contributed by atoms with Gasteiger partial charge in [0.1, 0.15) is 10.7 Å². The third-order valence-corrected chi connectivity index (χ3v) is 7.39. The van der Waals surface area contributed by atoms with Gasteiger partial charge in [0, 0.05) is 34.0 Å². The lowest BCUT2D eigenvalue weighted by molar-refractivity contribution is 0.601. The molecule has 8 heteroatoms. The Balaban J connectivity index is 1.58. The molecule has 1 aliphatic rings. The number of aromatic nitrogens is 3. The van der Waals surface area contributed by atoms with E-state index in [-0.39, 0.29) is 0 Å². The maximum Gasteiger partial charge on any atom is 0.262 e. The number of anilines is 1. The minimum atomic E-state index is -3.58. The highest BCUT2D eigenvalue weighted by atomic mass is 32.2. The molecule has 6 nitrogen and oxygen atoms in total. The van der Waals surface area contributed by atoms with Gasteiger partial charge in [0.2, 0.25) is 0 Å². The summed E-state index contributed by atoms with van der Waals surface area (Å²) in [7, 11) is -3.58. The molecule has 3 heterocycles. The van der Waals surface area contributed by atoms with Crippen molar-refractivity contribution in [2.75, 3.05) is 4.72 Å². The summed E-state index contributed by atoms with van der Waals surface area (Å²) in [5, 5.41) is 8.68. The number of fused-ring (bicyclic) bond motifs is 1. The Morgan fingerprint density at radius 3 is 2.56 bits per heavy atom. The minimum absolute atomic E-state index is 0.344. The van der Waals surface area contributed by atoms with Crippen LogP contribution in [0.15, 0.2) is 35.2 Å². The number of aryl methyl sites for hydroxylation is 3. The minimum Gasteiger partial charge on any atom is -0.311 e. The summed E-state index contributed by atoms with van der Waals surface area (Å²) in [6.45, 7) is 4.67. The second kappa shape index (κ2) is 7.09. The standard InChI is InChI=1S/C19H22N4O2S2/c1-13-12-17(14(2)26-13)27(24,25)22-16-9-7-15(8-10-16)19-21-20-18-6-4-3-5-11-23(18)19/h7-10,12,22H,3-6,11H2,1-2H3. The largest absolute Gasteiger partial charge is 0.311 e. The van der Waals surface area contributed by atoms with Crippen molar-refractivity contribution < 1.29 is 8.42 Å². The van der Waals surface area contributed by atoms with Crippen LogP contribution in [0.1, 0.15) is 34.8 Å². The molecule has 0 fully saturated rings.